The van der Waals surface area contributed by atoms with Crippen LogP contribution in [0.1, 0.15) is 49.7 Å². The number of hydrogen-bond acceptors (Lipinski definition) is 6. The minimum atomic E-state index is 0.154. The largest absolute Gasteiger partial charge is 0.493 e. The number of tetrazole rings is 1. The zero-order chi connectivity index (χ0) is 20.5. The summed E-state index contributed by atoms with van der Waals surface area (Å²) in [7, 11) is 0. The normalized spacial score (nSPS) is 11.7. The van der Waals surface area contributed by atoms with Crippen LogP contribution in [0.25, 0.3) is 0 Å². The minimum Gasteiger partial charge on any atom is -0.493 e. The summed E-state index contributed by atoms with van der Waals surface area (Å²) < 4.78 is 5.73. The fourth-order valence-electron chi connectivity index (χ4n) is 2.68. The third-order valence-electron chi connectivity index (χ3n) is 4.39. The molecule has 1 heterocycles. The fraction of sp³-hybridized carbons (Fsp3) is 0.364. The number of ether oxygens (including phenoxy) is 1. The molecule has 7 nitrogen and oxygen atoms in total. The fourth-order valence-corrected chi connectivity index (χ4v) is 2.68. The van der Waals surface area contributed by atoms with Gasteiger partial charge in [-0.3, -0.25) is 0 Å². The summed E-state index contributed by atoms with van der Waals surface area (Å²) in [5.41, 5.74) is 3.59. The maximum atomic E-state index is 5.73. The van der Waals surface area contributed by atoms with E-state index < -0.39 is 0 Å². The van der Waals surface area contributed by atoms with Gasteiger partial charge in [0.05, 0.1) is 12.8 Å². The van der Waals surface area contributed by atoms with E-state index in [1.54, 1.807) is 6.21 Å². The molecule has 29 heavy (non-hydrogen) atoms. The lowest BCUT2D eigenvalue weighted by Crippen LogP contribution is -2.10. The second-order valence-corrected chi connectivity index (χ2v) is 7.81. The third-order valence-corrected chi connectivity index (χ3v) is 4.39. The highest BCUT2D eigenvalue weighted by Crippen LogP contribution is 2.21. The van der Waals surface area contributed by atoms with Gasteiger partial charge in [0, 0.05) is 12.8 Å². The molecule has 0 spiro atoms. The van der Waals surface area contributed by atoms with E-state index in [4.69, 9.17) is 9.57 Å². The van der Waals surface area contributed by atoms with Crippen molar-refractivity contribution in [1.29, 1.82) is 0 Å². The lowest BCUT2D eigenvalue weighted by molar-refractivity contribution is 0.129. The van der Waals surface area contributed by atoms with Gasteiger partial charge in [-0.05, 0) is 44.7 Å². The van der Waals surface area contributed by atoms with Gasteiger partial charge in [-0.1, -0.05) is 62.3 Å². The Balaban J connectivity index is 1.32. The second kappa shape index (κ2) is 9.82. The topological polar surface area (TPSA) is 85.3 Å². The lowest BCUT2D eigenvalue weighted by atomic mass is 9.87. The maximum absolute atomic E-state index is 5.73. The number of aromatic amines is 1. The van der Waals surface area contributed by atoms with Crippen LogP contribution in [-0.4, -0.2) is 40.1 Å². The molecule has 3 aromatic rings. The first-order valence-corrected chi connectivity index (χ1v) is 9.71. The summed E-state index contributed by atoms with van der Waals surface area (Å²) in [6.45, 7) is 7.68. The predicted molar refractivity (Wildman–Crippen MR) is 112 cm³/mol. The van der Waals surface area contributed by atoms with Gasteiger partial charge in [0.15, 0.2) is 5.82 Å². The van der Waals surface area contributed by atoms with E-state index in [-0.39, 0.29) is 5.41 Å². The van der Waals surface area contributed by atoms with Gasteiger partial charge in [-0.25, -0.2) is 5.10 Å². The molecular weight excluding hydrogens is 366 g/mol. The molecule has 152 valence electrons. The van der Waals surface area contributed by atoms with Gasteiger partial charge in [0.2, 0.25) is 0 Å². The van der Waals surface area contributed by atoms with E-state index in [9.17, 15) is 0 Å². The van der Waals surface area contributed by atoms with E-state index in [0.717, 1.165) is 29.1 Å². The van der Waals surface area contributed by atoms with Crippen LogP contribution in [0, 0.1) is 0 Å². The Labute approximate surface area is 171 Å². The number of oxime groups is 1. The Morgan fingerprint density at radius 2 is 1.76 bits per heavy atom. The summed E-state index contributed by atoms with van der Waals surface area (Å²) in [6.07, 6.45) is 3.15. The maximum Gasteiger partial charge on any atom is 0.152 e. The van der Waals surface area contributed by atoms with Crippen LogP contribution in [0.2, 0.25) is 0 Å². The molecule has 0 saturated heterocycles. The molecule has 2 aromatic carbocycles. The van der Waals surface area contributed by atoms with Crippen molar-refractivity contribution < 1.29 is 9.57 Å². The van der Waals surface area contributed by atoms with Gasteiger partial charge in [-0.15, -0.1) is 5.10 Å². The number of nitrogens with one attached hydrogen (secondary N) is 1. The van der Waals surface area contributed by atoms with Crippen LogP contribution in [0.5, 0.6) is 5.75 Å². The van der Waals surface area contributed by atoms with E-state index in [1.807, 2.05) is 24.3 Å². The van der Waals surface area contributed by atoms with Crippen molar-refractivity contribution in [3.63, 3.8) is 0 Å². The van der Waals surface area contributed by atoms with Crippen molar-refractivity contribution in [3.8, 4) is 5.75 Å². The Kier molecular flexibility index (Phi) is 6.94. The molecule has 7 heteroatoms. The Hall–Kier alpha value is -3.22. The monoisotopic (exact) mass is 393 g/mol. The van der Waals surface area contributed by atoms with Crippen LogP contribution in [-0.2, 0) is 16.7 Å². The molecule has 0 aliphatic heterocycles. The minimum absolute atomic E-state index is 0.154. The van der Waals surface area contributed by atoms with Gasteiger partial charge in [0.25, 0.3) is 0 Å². The molecule has 0 amide bonds. The first kappa shape index (κ1) is 20.5. The average Bonchev–Trinajstić information content (AvgIpc) is 3.21. The summed E-state index contributed by atoms with van der Waals surface area (Å²) in [6, 6.07) is 16.3. The summed E-state index contributed by atoms with van der Waals surface area (Å²) >= 11 is 0. The molecule has 1 aromatic heterocycles. The van der Waals surface area contributed by atoms with Gasteiger partial charge in [-0.2, -0.15) is 0 Å². The lowest BCUT2D eigenvalue weighted by Gasteiger charge is -2.18. The van der Waals surface area contributed by atoms with Crippen LogP contribution in [0.3, 0.4) is 0 Å². The van der Waals surface area contributed by atoms with Gasteiger partial charge in [0.1, 0.15) is 12.4 Å². The Bertz CT molecular complexity index is 882. The van der Waals surface area contributed by atoms with E-state index in [0.29, 0.717) is 19.6 Å². The number of H-pyrrole nitrogens is 1. The molecule has 1 N–H and O–H groups in total. The van der Waals surface area contributed by atoms with Crippen molar-refractivity contribution in [2.24, 2.45) is 5.16 Å². The second-order valence-electron chi connectivity index (χ2n) is 7.81. The molecular formula is C22H27N5O2. The molecule has 0 saturated carbocycles. The van der Waals surface area contributed by atoms with Crippen molar-refractivity contribution in [1.82, 2.24) is 20.6 Å². The molecule has 3 rings (SSSR count). The van der Waals surface area contributed by atoms with Crippen LogP contribution >= 0.6 is 0 Å². The first-order chi connectivity index (χ1) is 14.0. The zero-order valence-corrected chi connectivity index (χ0v) is 17.1. The molecule has 0 atom stereocenters. The molecule has 0 aliphatic rings. The highest BCUT2D eigenvalue weighted by molar-refractivity contribution is 5.79. The van der Waals surface area contributed by atoms with E-state index in [1.165, 1.54) is 5.56 Å². The molecule has 0 bridgehead atoms. The number of nitrogens with zero attached hydrogens (tertiary/aromatic N) is 4. The van der Waals surface area contributed by atoms with Crippen LogP contribution < -0.4 is 4.74 Å². The summed E-state index contributed by atoms with van der Waals surface area (Å²) in [5, 5.41) is 17.8. The van der Waals surface area contributed by atoms with Crippen molar-refractivity contribution >= 4 is 6.21 Å². The first-order valence-electron chi connectivity index (χ1n) is 9.71. The van der Waals surface area contributed by atoms with Crippen molar-refractivity contribution in [2.45, 2.75) is 39.0 Å². The Morgan fingerprint density at radius 1 is 1.00 bits per heavy atom. The number of hydrogen-bond donors (Lipinski definition) is 1. The van der Waals surface area contributed by atoms with Crippen molar-refractivity contribution in [2.75, 3.05) is 13.2 Å². The predicted octanol–water partition coefficient (Wildman–Crippen LogP) is 3.91. The summed E-state index contributed by atoms with van der Waals surface area (Å²) in [4.78, 5) is 5.32. The van der Waals surface area contributed by atoms with E-state index in [2.05, 4.69) is 70.8 Å². The van der Waals surface area contributed by atoms with E-state index >= 15 is 0 Å². The highest BCUT2D eigenvalue weighted by atomic mass is 16.6. The Morgan fingerprint density at radius 3 is 2.41 bits per heavy atom. The quantitative estimate of drug-likeness (QED) is 0.338. The molecule has 0 aliphatic carbocycles. The highest BCUT2D eigenvalue weighted by Gasteiger charge is 2.12. The average molecular weight is 393 g/mol. The molecule has 0 unspecified atom stereocenters. The van der Waals surface area contributed by atoms with Gasteiger partial charge >= 0.3 is 0 Å². The third kappa shape index (κ3) is 6.71. The van der Waals surface area contributed by atoms with Crippen molar-refractivity contribution in [3.05, 3.63) is 71.0 Å². The van der Waals surface area contributed by atoms with Crippen LogP contribution in [0.4, 0.5) is 0 Å². The van der Waals surface area contributed by atoms with Gasteiger partial charge < -0.3 is 9.57 Å². The molecule has 0 radical (unpaired) electrons. The SMILES string of the molecule is CC(C)(C)c1ccc(C=NOCCCOc2ccc(Cc3nnn[nH]3)cc2)cc1. The number of aromatic nitrogens is 4. The standard InChI is InChI=1S/C22H27N5O2/c1-22(2,3)19-9-5-18(6-10-19)16-23-29-14-4-13-28-20-11-7-17(8-12-20)15-21-24-26-27-25-21/h5-12,16H,4,13-15H2,1-3H3,(H,24,25,26,27). The zero-order valence-electron chi connectivity index (χ0n) is 17.1. The number of benzene rings is 2. The summed E-state index contributed by atoms with van der Waals surface area (Å²) in [5.74, 6) is 1.56. The van der Waals surface area contributed by atoms with Crippen LogP contribution in [0.15, 0.2) is 53.7 Å². The molecule has 0 fully saturated rings. The number of rotatable bonds is 9. The smallest absolute Gasteiger partial charge is 0.152 e.